The van der Waals surface area contributed by atoms with Crippen molar-refractivity contribution in [2.45, 2.75) is 20.0 Å². The van der Waals surface area contributed by atoms with E-state index in [1.165, 1.54) is 0 Å². The number of methoxy groups -OCH3 is 1. The van der Waals surface area contributed by atoms with Crippen molar-refractivity contribution < 1.29 is 14.3 Å². The number of nitrogens with zero attached hydrogens (tertiary/aromatic N) is 4. The van der Waals surface area contributed by atoms with Gasteiger partial charge in [-0.3, -0.25) is 9.59 Å². The molecule has 1 aromatic heterocycles. The van der Waals surface area contributed by atoms with Gasteiger partial charge >= 0.3 is 0 Å². The highest BCUT2D eigenvalue weighted by Crippen LogP contribution is 2.15. The molecule has 26 heavy (non-hydrogen) atoms. The number of fused-ring (bicyclic) bond motifs is 1. The highest BCUT2D eigenvalue weighted by Gasteiger charge is 2.29. The maximum absolute atomic E-state index is 12.9. The summed E-state index contributed by atoms with van der Waals surface area (Å²) in [4.78, 5) is 33.2. The van der Waals surface area contributed by atoms with E-state index in [2.05, 4.69) is 4.98 Å². The summed E-state index contributed by atoms with van der Waals surface area (Å²) in [6.45, 7) is 5.28. The van der Waals surface area contributed by atoms with E-state index >= 15 is 0 Å². The van der Waals surface area contributed by atoms with Crippen LogP contribution in [0.1, 0.15) is 33.6 Å². The molecule has 0 N–H and O–H groups in total. The molecule has 3 rings (SSSR count). The number of benzene rings is 1. The molecule has 7 heteroatoms. The molecule has 0 unspecified atom stereocenters. The van der Waals surface area contributed by atoms with Crippen LogP contribution in [0.15, 0.2) is 36.5 Å². The number of hydrogen-bond donors (Lipinski definition) is 0. The Morgan fingerprint density at radius 1 is 1.27 bits per heavy atom. The number of ether oxygens (including phenoxy) is 1. The molecule has 0 radical (unpaired) electrons. The van der Waals surface area contributed by atoms with Gasteiger partial charge in [-0.15, -0.1) is 0 Å². The molecule has 0 fully saturated rings. The average molecular weight is 356 g/mol. The van der Waals surface area contributed by atoms with Crippen molar-refractivity contribution in [3.8, 4) is 0 Å². The number of amides is 2. The van der Waals surface area contributed by atoms with E-state index in [-0.39, 0.29) is 11.8 Å². The van der Waals surface area contributed by atoms with Crippen molar-refractivity contribution >= 4 is 11.8 Å². The Hall–Kier alpha value is -2.67. The van der Waals surface area contributed by atoms with Gasteiger partial charge in [-0.2, -0.15) is 0 Å². The first kappa shape index (κ1) is 18.1. The van der Waals surface area contributed by atoms with Crippen molar-refractivity contribution in [2.75, 3.05) is 33.4 Å². The topological polar surface area (TPSA) is 67.7 Å². The first-order valence-corrected chi connectivity index (χ1v) is 8.82. The summed E-state index contributed by atoms with van der Waals surface area (Å²) in [5, 5.41) is 0. The lowest BCUT2D eigenvalue weighted by atomic mass is 10.2. The molecule has 0 atom stereocenters. The van der Waals surface area contributed by atoms with Crippen LogP contribution in [-0.4, -0.2) is 64.5 Å². The van der Waals surface area contributed by atoms with Crippen LogP contribution in [-0.2, 0) is 17.8 Å². The smallest absolute Gasteiger partial charge is 0.290 e. The summed E-state index contributed by atoms with van der Waals surface area (Å²) in [6, 6.07) is 9.84. The van der Waals surface area contributed by atoms with Crippen LogP contribution >= 0.6 is 0 Å². The zero-order valence-corrected chi connectivity index (χ0v) is 15.2. The van der Waals surface area contributed by atoms with Gasteiger partial charge in [0.05, 0.1) is 6.61 Å². The van der Waals surface area contributed by atoms with E-state index in [1.807, 2.05) is 37.3 Å². The third kappa shape index (κ3) is 3.77. The number of carbonyl (C=O) groups excluding carboxylic acids is 2. The van der Waals surface area contributed by atoms with Gasteiger partial charge in [0.25, 0.3) is 11.8 Å². The number of rotatable bonds is 7. The van der Waals surface area contributed by atoms with Gasteiger partial charge in [0.2, 0.25) is 0 Å². The standard InChI is InChI=1S/C19H24N4O3/c1-3-21(13-15-7-5-4-6-8-15)18(24)16-14-23-10-9-22(11-12-26-2)19(25)17(23)20-16/h4-8,14H,3,9-13H2,1-2H3. The lowest BCUT2D eigenvalue weighted by Gasteiger charge is -2.26. The minimum atomic E-state index is -0.158. The first-order valence-electron chi connectivity index (χ1n) is 8.82. The second kappa shape index (κ2) is 8.14. The summed E-state index contributed by atoms with van der Waals surface area (Å²) < 4.78 is 6.82. The van der Waals surface area contributed by atoms with E-state index in [1.54, 1.807) is 27.7 Å². The summed E-state index contributed by atoms with van der Waals surface area (Å²) >= 11 is 0. The van der Waals surface area contributed by atoms with Crippen LogP contribution in [0.2, 0.25) is 0 Å². The van der Waals surface area contributed by atoms with Crippen LogP contribution in [0.5, 0.6) is 0 Å². The second-order valence-electron chi connectivity index (χ2n) is 6.23. The number of carbonyl (C=O) groups is 2. The summed E-state index contributed by atoms with van der Waals surface area (Å²) in [5.41, 5.74) is 1.38. The molecule has 0 aliphatic carbocycles. The van der Waals surface area contributed by atoms with Gasteiger partial charge in [0.1, 0.15) is 5.69 Å². The van der Waals surface area contributed by atoms with Crippen molar-refractivity contribution in [3.05, 3.63) is 53.6 Å². The Balaban J connectivity index is 1.76. The third-order valence-electron chi connectivity index (χ3n) is 4.54. The van der Waals surface area contributed by atoms with Crippen molar-refractivity contribution in [3.63, 3.8) is 0 Å². The van der Waals surface area contributed by atoms with Crippen LogP contribution in [0.4, 0.5) is 0 Å². The van der Waals surface area contributed by atoms with Crippen molar-refractivity contribution in [1.29, 1.82) is 0 Å². The van der Waals surface area contributed by atoms with Crippen LogP contribution in [0.25, 0.3) is 0 Å². The molecule has 2 aromatic rings. The SMILES string of the molecule is CCN(Cc1ccccc1)C(=O)c1cn2c(n1)C(=O)N(CCOC)CC2. The predicted octanol–water partition coefficient (Wildman–Crippen LogP) is 1.65. The molecule has 0 saturated carbocycles. The van der Waals surface area contributed by atoms with Gasteiger partial charge in [0.15, 0.2) is 5.82 Å². The molecular weight excluding hydrogens is 332 g/mol. The summed E-state index contributed by atoms with van der Waals surface area (Å²) in [7, 11) is 1.61. The van der Waals surface area contributed by atoms with Gasteiger partial charge in [0, 0.05) is 46.0 Å². The number of hydrogen-bond acceptors (Lipinski definition) is 4. The monoisotopic (exact) mass is 356 g/mol. The van der Waals surface area contributed by atoms with Crippen LogP contribution in [0.3, 0.4) is 0 Å². The molecule has 0 saturated heterocycles. The second-order valence-corrected chi connectivity index (χ2v) is 6.23. The molecule has 1 aromatic carbocycles. The Morgan fingerprint density at radius 3 is 2.73 bits per heavy atom. The van der Waals surface area contributed by atoms with E-state index in [9.17, 15) is 9.59 Å². The fraction of sp³-hybridized carbons (Fsp3) is 0.421. The fourth-order valence-corrected chi connectivity index (χ4v) is 3.04. The molecule has 138 valence electrons. The van der Waals surface area contributed by atoms with Crippen molar-refractivity contribution in [2.24, 2.45) is 0 Å². The molecule has 7 nitrogen and oxygen atoms in total. The van der Waals surface area contributed by atoms with E-state index < -0.39 is 0 Å². The Bertz CT molecular complexity index is 772. The van der Waals surface area contributed by atoms with Crippen LogP contribution in [0, 0.1) is 0 Å². The third-order valence-corrected chi connectivity index (χ3v) is 4.54. The zero-order chi connectivity index (χ0) is 18.5. The molecule has 0 spiro atoms. The average Bonchev–Trinajstić information content (AvgIpc) is 3.11. The normalized spacial score (nSPS) is 13.6. The van der Waals surface area contributed by atoms with E-state index in [0.717, 1.165) is 5.56 Å². The van der Waals surface area contributed by atoms with Gasteiger partial charge in [-0.25, -0.2) is 4.98 Å². The minimum Gasteiger partial charge on any atom is -0.383 e. The highest BCUT2D eigenvalue weighted by atomic mass is 16.5. The Kier molecular flexibility index (Phi) is 5.68. The van der Waals surface area contributed by atoms with Gasteiger partial charge in [-0.1, -0.05) is 30.3 Å². The molecule has 2 heterocycles. The Labute approximate surface area is 153 Å². The van der Waals surface area contributed by atoms with E-state index in [4.69, 9.17) is 4.74 Å². The zero-order valence-electron chi connectivity index (χ0n) is 15.2. The number of aromatic nitrogens is 2. The fourth-order valence-electron chi connectivity index (χ4n) is 3.04. The van der Waals surface area contributed by atoms with Gasteiger partial charge in [-0.05, 0) is 12.5 Å². The maximum atomic E-state index is 12.9. The maximum Gasteiger partial charge on any atom is 0.290 e. The molecule has 1 aliphatic heterocycles. The summed E-state index contributed by atoms with van der Waals surface area (Å²) in [5.74, 6) is 0.0134. The first-order chi connectivity index (χ1) is 12.6. The minimum absolute atomic E-state index is 0.154. The van der Waals surface area contributed by atoms with Crippen LogP contribution < -0.4 is 0 Å². The molecule has 0 bridgehead atoms. The van der Waals surface area contributed by atoms with Gasteiger partial charge < -0.3 is 19.1 Å². The highest BCUT2D eigenvalue weighted by molar-refractivity contribution is 5.96. The summed E-state index contributed by atoms with van der Waals surface area (Å²) in [6.07, 6.45) is 1.69. The van der Waals surface area contributed by atoms with Crippen molar-refractivity contribution in [1.82, 2.24) is 19.4 Å². The molecule has 1 aliphatic rings. The quantitative estimate of drug-likeness (QED) is 0.756. The Morgan fingerprint density at radius 2 is 2.04 bits per heavy atom. The lowest BCUT2D eigenvalue weighted by Crippen LogP contribution is -2.42. The predicted molar refractivity (Wildman–Crippen MR) is 96.9 cm³/mol. The van der Waals surface area contributed by atoms with E-state index in [0.29, 0.717) is 50.8 Å². The lowest BCUT2D eigenvalue weighted by molar-refractivity contribution is 0.0633. The molecule has 2 amide bonds. The molecular formula is C19H24N4O3. The largest absolute Gasteiger partial charge is 0.383 e. The number of imidazole rings is 1.